The van der Waals surface area contributed by atoms with Crippen LogP contribution in [0.1, 0.15) is 5.56 Å². The van der Waals surface area contributed by atoms with Crippen molar-refractivity contribution in [2.75, 3.05) is 11.1 Å². The van der Waals surface area contributed by atoms with E-state index in [1.54, 1.807) is 24.3 Å². The van der Waals surface area contributed by atoms with Crippen LogP contribution in [0.5, 0.6) is 11.5 Å². The molecule has 0 aliphatic rings. The van der Waals surface area contributed by atoms with Crippen LogP contribution >= 0.6 is 23.1 Å². The van der Waals surface area contributed by atoms with Crippen LogP contribution < -0.4 is 15.6 Å². The number of nitrogens with zero attached hydrogens (tertiary/aromatic N) is 2. The van der Waals surface area contributed by atoms with Crippen molar-refractivity contribution in [3.8, 4) is 11.5 Å². The molecule has 0 saturated carbocycles. The van der Waals surface area contributed by atoms with Crippen LogP contribution in [-0.4, -0.2) is 21.2 Å². The summed E-state index contributed by atoms with van der Waals surface area (Å²) in [6, 6.07) is 16.7. The van der Waals surface area contributed by atoms with Crippen molar-refractivity contribution in [2.45, 2.75) is 18.6 Å². The summed E-state index contributed by atoms with van der Waals surface area (Å²) in [6.07, 6.45) is 1.64. The molecule has 0 bridgehead atoms. The van der Waals surface area contributed by atoms with Crippen molar-refractivity contribution in [3.05, 3.63) is 88.5 Å². The number of allylic oxidation sites excluding steroid dienone is 1. The van der Waals surface area contributed by atoms with Gasteiger partial charge in [-0.1, -0.05) is 47.7 Å². The number of para-hydroxylation sites is 2. The summed E-state index contributed by atoms with van der Waals surface area (Å²) in [5, 5.41) is 5.80. The molecule has 6 nitrogen and oxygen atoms in total. The third kappa shape index (κ3) is 4.92. The number of amides is 1. The fourth-order valence-corrected chi connectivity index (χ4v) is 4.65. The predicted octanol–water partition coefficient (Wildman–Crippen LogP) is 5.48. The standard InChI is InChI=1S/C24H21N3O3S2/c1-3-13-27-23(29)18-12-14-31-22(18)26-24(27)32-15-21(28)25-19-6-4-5-7-20(19)30-17-10-8-16(2)9-11-17/h3-12,14H,1,13,15H2,2H3,(H,25,28). The van der Waals surface area contributed by atoms with Crippen LogP contribution in [0.2, 0.25) is 0 Å². The Bertz CT molecular complexity index is 1330. The second-order valence-corrected chi connectivity index (χ2v) is 8.82. The van der Waals surface area contributed by atoms with Gasteiger partial charge in [0.05, 0.1) is 16.8 Å². The molecule has 2 heterocycles. The Morgan fingerprint density at radius 2 is 2.00 bits per heavy atom. The number of thiophene rings is 1. The second-order valence-electron chi connectivity index (χ2n) is 6.99. The number of benzene rings is 2. The Morgan fingerprint density at radius 1 is 1.22 bits per heavy atom. The first kappa shape index (κ1) is 21.9. The van der Waals surface area contributed by atoms with E-state index in [1.807, 2.05) is 48.7 Å². The van der Waals surface area contributed by atoms with Gasteiger partial charge in [-0.05, 0) is 42.6 Å². The van der Waals surface area contributed by atoms with Gasteiger partial charge in [0.1, 0.15) is 10.6 Å². The molecule has 1 N–H and O–H groups in total. The number of ether oxygens (including phenoxy) is 1. The van der Waals surface area contributed by atoms with Crippen LogP contribution in [-0.2, 0) is 11.3 Å². The minimum Gasteiger partial charge on any atom is -0.455 e. The molecule has 0 atom stereocenters. The molecule has 0 saturated heterocycles. The zero-order valence-electron chi connectivity index (χ0n) is 17.4. The lowest BCUT2D eigenvalue weighted by Crippen LogP contribution is -2.23. The lowest BCUT2D eigenvalue weighted by atomic mass is 10.2. The highest BCUT2D eigenvalue weighted by Gasteiger charge is 2.14. The number of hydrogen-bond donors (Lipinski definition) is 1. The zero-order valence-corrected chi connectivity index (χ0v) is 19.0. The quantitative estimate of drug-likeness (QED) is 0.213. The number of fused-ring (bicyclic) bond motifs is 1. The largest absolute Gasteiger partial charge is 0.455 e. The van der Waals surface area contributed by atoms with Gasteiger partial charge < -0.3 is 10.1 Å². The first-order chi connectivity index (χ1) is 15.5. The number of aryl methyl sites for hydroxylation is 1. The molecule has 32 heavy (non-hydrogen) atoms. The summed E-state index contributed by atoms with van der Waals surface area (Å²) < 4.78 is 7.48. The molecule has 0 aliphatic heterocycles. The monoisotopic (exact) mass is 463 g/mol. The van der Waals surface area contributed by atoms with E-state index >= 15 is 0 Å². The number of anilines is 1. The fraction of sp³-hybridized carbons (Fsp3) is 0.125. The molecule has 4 aromatic rings. The Morgan fingerprint density at radius 3 is 2.78 bits per heavy atom. The van der Waals surface area contributed by atoms with Gasteiger partial charge in [-0.15, -0.1) is 17.9 Å². The number of aromatic nitrogens is 2. The Hall–Kier alpha value is -3.36. The van der Waals surface area contributed by atoms with Gasteiger partial charge in [-0.2, -0.15) is 0 Å². The van der Waals surface area contributed by atoms with Crippen molar-refractivity contribution < 1.29 is 9.53 Å². The molecule has 4 rings (SSSR count). The van der Waals surface area contributed by atoms with Gasteiger partial charge in [-0.25, -0.2) is 4.98 Å². The molecule has 162 valence electrons. The van der Waals surface area contributed by atoms with Crippen molar-refractivity contribution in [2.24, 2.45) is 0 Å². The van der Waals surface area contributed by atoms with Gasteiger partial charge in [0.2, 0.25) is 5.91 Å². The van der Waals surface area contributed by atoms with Crippen molar-refractivity contribution in [1.29, 1.82) is 0 Å². The van der Waals surface area contributed by atoms with Gasteiger partial charge >= 0.3 is 0 Å². The summed E-state index contributed by atoms with van der Waals surface area (Å²) >= 11 is 2.62. The molecule has 2 aromatic carbocycles. The van der Waals surface area contributed by atoms with Gasteiger partial charge in [0.15, 0.2) is 10.9 Å². The minimum atomic E-state index is -0.222. The van der Waals surface area contributed by atoms with Crippen LogP contribution in [0.4, 0.5) is 5.69 Å². The average molecular weight is 464 g/mol. The van der Waals surface area contributed by atoms with Crippen molar-refractivity contribution in [1.82, 2.24) is 9.55 Å². The molecular formula is C24H21N3O3S2. The first-order valence-corrected chi connectivity index (χ1v) is 11.8. The SMILES string of the molecule is C=CCn1c(SCC(=O)Nc2ccccc2Oc2ccc(C)cc2)nc2sccc2c1=O. The molecule has 2 aromatic heterocycles. The highest BCUT2D eigenvalue weighted by atomic mass is 32.2. The van der Waals surface area contributed by atoms with E-state index < -0.39 is 0 Å². The molecule has 0 fully saturated rings. The highest BCUT2D eigenvalue weighted by Crippen LogP contribution is 2.30. The lowest BCUT2D eigenvalue weighted by Gasteiger charge is -2.13. The molecular weight excluding hydrogens is 442 g/mol. The molecule has 0 radical (unpaired) electrons. The Balaban J connectivity index is 1.48. The van der Waals surface area contributed by atoms with E-state index in [-0.39, 0.29) is 17.2 Å². The van der Waals surface area contributed by atoms with Crippen molar-refractivity contribution >= 4 is 44.9 Å². The Labute approximate surface area is 193 Å². The molecule has 0 aliphatic carbocycles. The van der Waals surface area contributed by atoms with Crippen molar-refractivity contribution in [3.63, 3.8) is 0 Å². The number of nitrogens with one attached hydrogen (secondary N) is 1. The summed E-state index contributed by atoms with van der Waals surface area (Å²) in [5.41, 5.74) is 1.58. The number of rotatable bonds is 8. The lowest BCUT2D eigenvalue weighted by molar-refractivity contribution is -0.113. The van der Waals surface area contributed by atoms with Gasteiger partial charge in [0.25, 0.3) is 5.56 Å². The normalized spacial score (nSPS) is 10.8. The van der Waals surface area contributed by atoms with Crippen LogP contribution in [0.3, 0.4) is 0 Å². The fourth-order valence-electron chi connectivity index (χ4n) is 3.04. The van der Waals surface area contributed by atoms with Gasteiger partial charge in [-0.3, -0.25) is 14.2 Å². The third-order valence-electron chi connectivity index (χ3n) is 4.60. The third-order valence-corrected chi connectivity index (χ3v) is 6.39. The van der Waals surface area contributed by atoms with E-state index in [0.29, 0.717) is 39.1 Å². The molecule has 0 unspecified atom stereocenters. The van der Waals surface area contributed by atoms with E-state index in [2.05, 4.69) is 16.9 Å². The summed E-state index contributed by atoms with van der Waals surface area (Å²) in [6.45, 7) is 6.06. The summed E-state index contributed by atoms with van der Waals surface area (Å²) in [7, 11) is 0. The average Bonchev–Trinajstić information content (AvgIpc) is 3.26. The topological polar surface area (TPSA) is 73.2 Å². The Kier molecular flexibility index (Phi) is 6.72. The second kappa shape index (κ2) is 9.84. The van der Waals surface area contributed by atoms with E-state index in [4.69, 9.17) is 4.74 Å². The number of carbonyl (C=O) groups is 1. The zero-order chi connectivity index (χ0) is 22.5. The smallest absolute Gasteiger partial charge is 0.263 e. The van der Waals surface area contributed by atoms with Crippen LogP contribution in [0.15, 0.2) is 82.6 Å². The summed E-state index contributed by atoms with van der Waals surface area (Å²) in [4.78, 5) is 30.6. The van der Waals surface area contributed by atoms with Crippen LogP contribution in [0, 0.1) is 6.92 Å². The maximum absolute atomic E-state index is 12.7. The molecule has 1 amide bonds. The first-order valence-electron chi connectivity index (χ1n) is 9.90. The van der Waals surface area contributed by atoms with E-state index in [1.165, 1.54) is 27.7 Å². The molecule has 8 heteroatoms. The highest BCUT2D eigenvalue weighted by molar-refractivity contribution is 7.99. The van der Waals surface area contributed by atoms with Crippen LogP contribution in [0.25, 0.3) is 10.2 Å². The molecule has 0 spiro atoms. The number of hydrogen-bond acceptors (Lipinski definition) is 6. The van der Waals surface area contributed by atoms with Gasteiger partial charge in [0, 0.05) is 6.54 Å². The maximum atomic E-state index is 12.7. The van der Waals surface area contributed by atoms with E-state index in [9.17, 15) is 9.59 Å². The minimum absolute atomic E-state index is 0.0966. The van der Waals surface area contributed by atoms with E-state index in [0.717, 1.165) is 5.56 Å². The number of carbonyl (C=O) groups excluding carboxylic acids is 1. The predicted molar refractivity (Wildman–Crippen MR) is 131 cm³/mol. The number of thioether (sulfide) groups is 1. The summed E-state index contributed by atoms with van der Waals surface area (Å²) in [5.74, 6) is 1.12. The maximum Gasteiger partial charge on any atom is 0.263 e.